The van der Waals surface area contributed by atoms with Gasteiger partial charge in [0.15, 0.2) is 0 Å². The molecule has 0 bridgehead atoms. The quantitative estimate of drug-likeness (QED) is 0.710. The highest BCUT2D eigenvalue weighted by atomic mass is 19.1. The summed E-state index contributed by atoms with van der Waals surface area (Å²) in [5, 5.41) is 3.35. The molecule has 1 N–H and O–H groups in total. The van der Waals surface area contributed by atoms with Crippen LogP contribution in [0.1, 0.15) is 44.2 Å². The van der Waals surface area contributed by atoms with E-state index in [1.165, 1.54) is 12.1 Å². The molecule has 2 aromatic carbocycles. The molecule has 0 aliphatic carbocycles. The van der Waals surface area contributed by atoms with Gasteiger partial charge in [0.2, 0.25) is 5.91 Å². The summed E-state index contributed by atoms with van der Waals surface area (Å²) in [5.74, 6) is 1.15. The third-order valence-electron chi connectivity index (χ3n) is 5.23. The fraction of sp³-hybridized carbons (Fsp3) is 0.458. The standard InChI is InChI=1S/C24H31FN2O2/c1-18(2)29-23-9-5-21(6-10-23)17-27(16-20-3-7-22(25)8-4-20)24(28)15-19-11-13-26-14-12-19/h3-10,18-19,26H,11-17H2,1-2H3. The highest BCUT2D eigenvalue weighted by Crippen LogP contribution is 2.21. The second-order valence-corrected chi connectivity index (χ2v) is 8.08. The summed E-state index contributed by atoms with van der Waals surface area (Å²) in [4.78, 5) is 15.0. The van der Waals surface area contributed by atoms with E-state index in [0.29, 0.717) is 25.4 Å². The molecule has 0 atom stereocenters. The topological polar surface area (TPSA) is 41.6 Å². The van der Waals surface area contributed by atoms with Crippen LogP contribution < -0.4 is 10.1 Å². The number of carbonyl (C=O) groups excluding carboxylic acids is 1. The highest BCUT2D eigenvalue weighted by Gasteiger charge is 2.21. The Morgan fingerprint density at radius 1 is 1.03 bits per heavy atom. The van der Waals surface area contributed by atoms with Crippen molar-refractivity contribution in [2.75, 3.05) is 13.1 Å². The number of rotatable bonds is 8. The van der Waals surface area contributed by atoms with Gasteiger partial charge in [-0.15, -0.1) is 0 Å². The van der Waals surface area contributed by atoms with Crippen molar-refractivity contribution in [3.05, 3.63) is 65.5 Å². The Balaban J connectivity index is 1.70. The summed E-state index contributed by atoms with van der Waals surface area (Å²) in [6.45, 7) is 6.97. The summed E-state index contributed by atoms with van der Waals surface area (Å²) in [5.41, 5.74) is 1.99. The Labute approximate surface area is 173 Å². The molecule has 1 heterocycles. The Morgan fingerprint density at radius 2 is 1.59 bits per heavy atom. The molecule has 5 heteroatoms. The molecule has 1 saturated heterocycles. The predicted octanol–water partition coefficient (Wildman–Crippen LogP) is 4.53. The maximum Gasteiger partial charge on any atom is 0.223 e. The van der Waals surface area contributed by atoms with Crippen molar-refractivity contribution >= 4 is 5.91 Å². The zero-order chi connectivity index (χ0) is 20.6. The van der Waals surface area contributed by atoms with Crippen LogP contribution in [0.2, 0.25) is 0 Å². The summed E-state index contributed by atoms with van der Waals surface area (Å²) < 4.78 is 19.0. The van der Waals surface area contributed by atoms with Gasteiger partial charge in [-0.1, -0.05) is 24.3 Å². The number of amides is 1. The van der Waals surface area contributed by atoms with Gasteiger partial charge >= 0.3 is 0 Å². The van der Waals surface area contributed by atoms with E-state index in [1.54, 1.807) is 12.1 Å². The van der Waals surface area contributed by atoms with Gasteiger partial charge in [-0.25, -0.2) is 4.39 Å². The fourth-order valence-electron chi connectivity index (χ4n) is 3.67. The number of nitrogens with zero attached hydrogens (tertiary/aromatic N) is 1. The van der Waals surface area contributed by atoms with E-state index in [0.717, 1.165) is 42.8 Å². The van der Waals surface area contributed by atoms with E-state index in [-0.39, 0.29) is 17.8 Å². The predicted molar refractivity (Wildman–Crippen MR) is 113 cm³/mol. The van der Waals surface area contributed by atoms with Gasteiger partial charge in [0.1, 0.15) is 11.6 Å². The Hall–Kier alpha value is -2.40. The van der Waals surface area contributed by atoms with Gasteiger partial charge in [0.25, 0.3) is 0 Å². The van der Waals surface area contributed by atoms with E-state index in [9.17, 15) is 9.18 Å². The van der Waals surface area contributed by atoms with Crippen molar-refractivity contribution in [3.63, 3.8) is 0 Å². The number of ether oxygens (including phenoxy) is 1. The van der Waals surface area contributed by atoms with Crippen molar-refractivity contribution < 1.29 is 13.9 Å². The van der Waals surface area contributed by atoms with Crippen molar-refractivity contribution in [2.45, 2.75) is 52.3 Å². The lowest BCUT2D eigenvalue weighted by Gasteiger charge is -2.27. The van der Waals surface area contributed by atoms with Crippen LogP contribution >= 0.6 is 0 Å². The molecule has 0 spiro atoms. The van der Waals surface area contributed by atoms with Gasteiger partial charge in [-0.2, -0.15) is 0 Å². The second-order valence-electron chi connectivity index (χ2n) is 8.08. The van der Waals surface area contributed by atoms with Crippen molar-refractivity contribution in [1.29, 1.82) is 0 Å². The Morgan fingerprint density at radius 3 is 2.14 bits per heavy atom. The van der Waals surface area contributed by atoms with Crippen LogP contribution in [0.3, 0.4) is 0 Å². The lowest BCUT2D eigenvalue weighted by Crippen LogP contribution is -2.34. The minimum absolute atomic E-state index is 0.127. The first-order valence-corrected chi connectivity index (χ1v) is 10.5. The van der Waals surface area contributed by atoms with Gasteiger partial charge in [0, 0.05) is 19.5 Å². The molecule has 0 saturated carbocycles. The third-order valence-corrected chi connectivity index (χ3v) is 5.23. The largest absolute Gasteiger partial charge is 0.491 e. The SMILES string of the molecule is CC(C)Oc1ccc(CN(Cc2ccc(F)cc2)C(=O)CC2CCNCC2)cc1. The van der Waals surface area contributed by atoms with Crippen LogP contribution in [-0.2, 0) is 17.9 Å². The minimum Gasteiger partial charge on any atom is -0.491 e. The Bertz CT molecular complexity index is 768. The highest BCUT2D eigenvalue weighted by molar-refractivity contribution is 5.76. The van der Waals surface area contributed by atoms with Gasteiger partial charge in [0.05, 0.1) is 6.10 Å². The van der Waals surface area contributed by atoms with Crippen molar-refractivity contribution in [3.8, 4) is 5.75 Å². The maximum absolute atomic E-state index is 13.3. The van der Waals surface area contributed by atoms with Crippen LogP contribution in [0.4, 0.5) is 4.39 Å². The van der Waals surface area contributed by atoms with Gasteiger partial charge in [-0.05, 0) is 81.1 Å². The molecule has 0 aromatic heterocycles. The molecular formula is C24H31FN2O2. The number of halogens is 1. The van der Waals surface area contributed by atoms with Crippen LogP contribution in [-0.4, -0.2) is 30.0 Å². The lowest BCUT2D eigenvalue weighted by atomic mass is 9.94. The maximum atomic E-state index is 13.3. The summed E-state index contributed by atoms with van der Waals surface area (Å²) in [7, 11) is 0. The minimum atomic E-state index is -0.262. The van der Waals surface area contributed by atoms with Gasteiger partial charge < -0.3 is 15.0 Å². The van der Waals surface area contributed by atoms with E-state index in [2.05, 4.69) is 5.32 Å². The molecule has 1 amide bonds. The lowest BCUT2D eigenvalue weighted by molar-refractivity contribution is -0.133. The molecule has 1 fully saturated rings. The normalized spacial score (nSPS) is 14.8. The molecule has 29 heavy (non-hydrogen) atoms. The van der Waals surface area contributed by atoms with Crippen molar-refractivity contribution in [1.82, 2.24) is 10.2 Å². The average Bonchev–Trinajstić information content (AvgIpc) is 2.71. The van der Waals surface area contributed by atoms with Crippen LogP contribution in [0.15, 0.2) is 48.5 Å². The zero-order valence-electron chi connectivity index (χ0n) is 17.4. The smallest absolute Gasteiger partial charge is 0.223 e. The number of hydrogen-bond acceptors (Lipinski definition) is 3. The van der Waals surface area contributed by atoms with Crippen LogP contribution in [0.25, 0.3) is 0 Å². The summed E-state index contributed by atoms with van der Waals surface area (Å²) >= 11 is 0. The molecule has 156 valence electrons. The number of nitrogens with one attached hydrogen (secondary N) is 1. The molecule has 0 radical (unpaired) electrons. The third kappa shape index (κ3) is 6.86. The molecule has 0 unspecified atom stereocenters. The van der Waals surface area contributed by atoms with Crippen molar-refractivity contribution in [2.24, 2.45) is 5.92 Å². The Kier molecular flexibility index (Phi) is 7.64. The van der Waals surface area contributed by atoms with Crippen LogP contribution in [0.5, 0.6) is 5.75 Å². The number of carbonyl (C=O) groups is 1. The molecule has 2 aromatic rings. The second kappa shape index (κ2) is 10.4. The van der Waals surface area contributed by atoms with E-state index >= 15 is 0 Å². The van der Waals surface area contributed by atoms with Gasteiger partial charge in [-0.3, -0.25) is 4.79 Å². The first-order valence-electron chi connectivity index (χ1n) is 10.5. The average molecular weight is 399 g/mol. The molecule has 4 nitrogen and oxygen atoms in total. The summed E-state index contributed by atoms with van der Waals surface area (Å²) in [6.07, 6.45) is 2.77. The van der Waals surface area contributed by atoms with E-state index in [1.807, 2.05) is 43.0 Å². The van der Waals surface area contributed by atoms with E-state index < -0.39 is 0 Å². The van der Waals surface area contributed by atoms with E-state index in [4.69, 9.17) is 4.74 Å². The fourth-order valence-corrected chi connectivity index (χ4v) is 3.67. The van der Waals surface area contributed by atoms with Crippen LogP contribution in [0, 0.1) is 11.7 Å². The number of hydrogen-bond donors (Lipinski definition) is 1. The first kappa shape index (κ1) is 21.3. The molecule has 1 aliphatic heterocycles. The summed E-state index contributed by atoms with van der Waals surface area (Å²) in [6, 6.07) is 14.3. The molecule has 3 rings (SSSR count). The first-order chi connectivity index (χ1) is 14.0. The number of piperidine rings is 1. The zero-order valence-corrected chi connectivity index (χ0v) is 17.4. The monoisotopic (exact) mass is 398 g/mol. The molecular weight excluding hydrogens is 367 g/mol. The molecule has 1 aliphatic rings. The number of benzene rings is 2.